The van der Waals surface area contributed by atoms with Gasteiger partial charge in [-0.05, 0) is 18.6 Å². The first-order valence-electron chi connectivity index (χ1n) is 6.39. The quantitative estimate of drug-likeness (QED) is 0.594. The van der Waals surface area contributed by atoms with Gasteiger partial charge in [-0.25, -0.2) is 0 Å². The Morgan fingerprint density at radius 1 is 1.50 bits per heavy atom. The van der Waals surface area contributed by atoms with E-state index in [0.717, 1.165) is 18.5 Å². The van der Waals surface area contributed by atoms with Crippen LogP contribution < -0.4 is 5.73 Å². The number of ether oxygens (including phenoxy) is 1. The molecule has 0 aromatic carbocycles. The van der Waals surface area contributed by atoms with E-state index in [4.69, 9.17) is 10.5 Å². The second-order valence-corrected chi connectivity index (χ2v) is 4.73. The maximum absolute atomic E-state index is 11.8. The molecule has 0 amide bonds. The summed E-state index contributed by atoms with van der Waals surface area (Å²) in [4.78, 5) is 16.0. The number of nitrogens with two attached hydrogens (primary N) is 1. The van der Waals surface area contributed by atoms with Crippen LogP contribution in [0, 0.1) is 0 Å². The van der Waals surface area contributed by atoms with Gasteiger partial charge in [0, 0.05) is 23.9 Å². The molecule has 0 bridgehead atoms. The molecule has 1 atom stereocenters. The van der Waals surface area contributed by atoms with Crippen LogP contribution in [0.25, 0.3) is 0 Å². The highest BCUT2D eigenvalue weighted by Crippen LogP contribution is 2.25. The summed E-state index contributed by atoms with van der Waals surface area (Å²) in [6.07, 6.45) is 3.90. The highest BCUT2D eigenvalue weighted by atomic mass is 16.5. The molecular weight excluding hydrogens is 228 g/mol. The Morgan fingerprint density at radius 3 is 2.83 bits per heavy atom. The van der Waals surface area contributed by atoms with Crippen LogP contribution in [0.1, 0.15) is 38.8 Å². The van der Waals surface area contributed by atoms with E-state index < -0.39 is 5.41 Å². The third kappa shape index (κ3) is 4.11. The number of aromatic nitrogens is 1. The smallest absolute Gasteiger partial charge is 0.306 e. The summed E-state index contributed by atoms with van der Waals surface area (Å²) in [7, 11) is 0. The third-order valence-electron chi connectivity index (χ3n) is 3.03. The van der Waals surface area contributed by atoms with E-state index in [2.05, 4.69) is 11.9 Å². The Hall–Kier alpha value is -1.42. The van der Waals surface area contributed by atoms with Crippen molar-refractivity contribution in [2.75, 3.05) is 13.2 Å². The second-order valence-electron chi connectivity index (χ2n) is 4.73. The highest BCUT2D eigenvalue weighted by Gasteiger charge is 2.30. The van der Waals surface area contributed by atoms with E-state index in [1.807, 2.05) is 25.1 Å². The predicted octanol–water partition coefficient (Wildman–Crippen LogP) is 2.03. The Morgan fingerprint density at radius 2 is 2.28 bits per heavy atom. The van der Waals surface area contributed by atoms with Gasteiger partial charge in [-0.1, -0.05) is 26.3 Å². The molecule has 100 valence electrons. The molecule has 0 aliphatic rings. The summed E-state index contributed by atoms with van der Waals surface area (Å²) >= 11 is 0. The van der Waals surface area contributed by atoms with E-state index in [1.54, 1.807) is 6.20 Å². The van der Waals surface area contributed by atoms with E-state index >= 15 is 0 Å². The standard InChI is InChI=1S/C14H22N2O2/c1-3-4-9-18-13(17)10-14(2,11-15)12-7-5-6-8-16-12/h5-8H,3-4,9-11,15H2,1-2H3. The number of nitrogens with zero attached hydrogens (tertiary/aromatic N) is 1. The largest absolute Gasteiger partial charge is 0.466 e. The van der Waals surface area contributed by atoms with Crippen LogP contribution in [-0.4, -0.2) is 24.1 Å². The fourth-order valence-electron chi connectivity index (χ4n) is 1.69. The van der Waals surface area contributed by atoms with Gasteiger partial charge in [0.05, 0.1) is 13.0 Å². The Balaban J connectivity index is 2.63. The van der Waals surface area contributed by atoms with Crippen molar-refractivity contribution in [2.45, 2.75) is 38.5 Å². The first-order chi connectivity index (χ1) is 8.62. The lowest BCUT2D eigenvalue weighted by molar-refractivity contribution is -0.145. The summed E-state index contributed by atoms with van der Waals surface area (Å²) in [6, 6.07) is 5.64. The molecule has 0 fully saturated rings. The van der Waals surface area contributed by atoms with Crippen LogP contribution in [-0.2, 0) is 14.9 Å². The second kappa shape index (κ2) is 7.11. The number of pyridine rings is 1. The van der Waals surface area contributed by atoms with Gasteiger partial charge in [0.2, 0.25) is 0 Å². The van der Waals surface area contributed by atoms with Crippen molar-refractivity contribution in [2.24, 2.45) is 5.73 Å². The first-order valence-corrected chi connectivity index (χ1v) is 6.39. The van der Waals surface area contributed by atoms with Crippen molar-refractivity contribution in [3.05, 3.63) is 30.1 Å². The molecular formula is C14H22N2O2. The molecule has 4 heteroatoms. The molecule has 1 aromatic rings. The summed E-state index contributed by atoms with van der Waals surface area (Å²) in [5.41, 5.74) is 6.17. The Labute approximate surface area is 109 Å². The zero-order valence-electron chi connectivity index (χ0n) is 11.2. The van der Waals surface area contributed by atoms with Crippen molar-refractivity contribution in [1.29, 1.82) is 0 Å². The van der Waals surface area contributed by atoms with E-state index in [1.165, 1.54) is 0 Å². The summed E-state index contributed by atoms with van der Waals surface area (Å²) < 4.78 is 5.18. The van der Waals surface area contributed by atoms with Crippen molar-refractivity contribution < 1.29 is 9.53 Å². The van der Waals surface area contributed by atoms with Crippen molar-refractivity contribution in [1.82, 2.24) is 4.98 Å². The van der Waals surface area contributed by atoms with Crippen LogP contribution in [0.15, 0.2) is 24.4 Å². The average Bonchev–Trinajstić information content (AvgIpc) is 2.40. The van der Waals surface area contributed by atoms with E-state index in [0.29, 0.717) is 13.2 Å². The number of rotatable bonds is 7. The monoisotopic (exact) mass is 250 g/mol. The number of esters is 1. The maximum atomic E-state index is 11.8. The fourth-order valence-corrected chi connectivity index (χ4v) is 1.69. The zero-order chi connectivity index (χ0) is 13.4. The molecule has 1 heterocycles. The molecule has 4 nitrogen and oxygen atoms in total. The molecule has 0 aliphatic carbocycles. The van der Waals surface area contributed by atoms with E-state index in [-0.39, 0.29) is 12.4 Å². The van der Waals surface area contributed by atoms with Crippen LogP contribution in [0.4, 0.5) is 0 Å². The first kappa shape index (κ1) is 14.6. The molecule has 0 saturated carbocycles. The molecule has 0 spiro atoms. The van der Waals surface area contributed by atoms with Crippen molar-refractivity contribution >= 4 is 5.97 Å². The summed E-state index contributed by atoms with van der Waals surface area (Å²) in [5.74, 6) is -0.206. The van der Waals surface area contributed by atoms with Gasteiger partial charge in [0.15, 0.2) is 0 Å². The molecule has 1 aromatic heterocycles. The van der Waals surface area contributed by atoms with Gasteiger partial charge in [-0.15, -0.1) is 0 Å². The van der Waals surface area contributed by atoms with Crippen LogP contribution >= 0.6 is 0 Å². The fraction of sp³-hybridized carbons (Fsp3) is 0.571. The molecule has 0 aliphatic heterocycles. The SMILES string of the molecule is CCCCOC(=O)CC(C)(CN)c1ccccn1. The lowest BCUT2D eigenvalue weighted by Gasteiger charge is -2.26. The molecule has 1 unspecified atom stereocenters. The summed E-state index contributed by atoms with van der Waals surface area (Å²) in [5, 5.41) is 0. The Kier molecular flexibility index (Phi) is 5.78. The minimum absolute atomic E-state index is 0.206. The van der Waals surface area contributed by atoms with Gasteiger partial charge in [-0.2, -0.15) is 0 Å². The Bertz CT molecular complexity index is 367. The number of hydrogen-bond donors (Lipinski definition) is 1. The number of carbonyl (C=O) groups excluding carboxylic acids is 1. The number of unbranched alkanes of at least 4 members (excludes halogenated alkanes) is 1. The number of carbonyl (C=O) groups is 1. The maximum Gasteiger partial charge on any atom is 0.306 e. The van der Waals surface area contributed by atoms with Gasteiger partial charge in [0.25, 0.3) is 0 Å². The average molecular weight is 250 g/mol. The van der Waals surface area contributed by atoms with Crippen LogP contribution in [0.3, 0.4) is 0 Å². The lowest BCUT2D eigenvalue weighted by Crippen LogP contribution is -2.35. The van der Waals surface area contributed by atoms with Gasteiger partial charge < -0.3 is 10.5 Å². The highest BCUT2D eigenvalue weighted by molar-refractivity contribution is 5.71. The van der Waals surface area contributed by atoms with Crippen LogP contribution in [0.2, 0.25) is 0 Å². The molecule has 0 radical (unpaired) electrons. The molecule has 0 saturated heterocycles. The zero-order valence-corrected chi connectivity index (χ0v) is 11.2. The predicted molar refractivity (Wildman–Crippen MR) is 71.1 cm³/mol. The lowest BCUT2D eigenvalue weighted by atomic mass is 9.83. The third-order valence-corrected chi connectivity index (χ3v) is 3.03. The van der Waals surface area contributed by atoms with Crippen molar-refractivity contribution in [3.8, 4) is 0 Å². The van der Waals surface area contributed by atoms with Crippen molar-refractivity contribution in [3.63, 3.8) is 0 Å². The summed E-state index contributed by atoms with van der Waals surface area (Å²) in [6.45, 7) is 4.85. The van der Waals surface area contributed by atoms with Gasteiger partial charge in [0.1, 0.15) is 0 Å². The minimum atomic E-state index is -0.454. The topological polar surface area (TPSA) is 65.2 Å². The molecule has 18 heavy (non-hydrogen) atoms. The molecule has 1 rings (SSSR count). The van der Waals surface area contributed by atoms with E-state index in [9.17, 15) is 4.79 Å². The van der Waals surface area contributed by atoms with Gasteiger partial charge >= 0.3 is 5.97 Å². The normalized spacial score (nSPS) is 13.9. The van der Waals surface area contributed by atoms with Crippen LogP contribution in [0.5, 0.6) is 0 Å². The minimum Gasteiger partial charge on any atom is -0.466 e. The number of hydrogen-bond acceptors (Lipinski definition) is 4. The van der Waals surface area contributed by atoms with Gasteiger partial charge in [-0.3, -0.25) is 9.78 Å². The molecule has 2 N–H and O–H groups in total.